The molecule has 14 N–H and O–H groups in total. The van der Waals surface area contributed by atoms with Crippen LogP contribution in [0.25, 0.3) is 0 Å². The lowest BCUT2D eigenvalue weighted by atomic mass is 9.35. The van der Waals surface area contributed by atoms with Crippen LogP contribution in [-0.4, -0.2) is 238 Å². The third kappa shape index (κ3) is 10.3. The second-order valence-electron chi connectivity index (χ2n) is 25.1. The van der Waals surface area contributed by atoms with E-state index in [1.807, 2.05) is 6.92 Å². The third-order valence-electron chi connectivity index (χ3n) is 20.7. The maximum Gasteiger partial charge on any atom is 0.187 e. The summed E-state index contributed by atoms with van der Waals surface area (Å²) in [6.45, 7) is 15.7. The Morgan fingerprint density at radius 2 is 1.11 bits per heavy atom. The molecule has 0 aromatic rings. The maximum absolute atomic E-state index is 13.2. The Morgan fingerprint density at radius 3 is 1.67 bits per heavy atom. The molecule has 23 nitrogen and oxygen atoms in total. The molecule has 8 fully saturated rings. The fourth-order valence-corrected chi connectivity index (χ4v) is 16.0. The number of ether oxygens (including phenoxy) is 8. The summed E-state index contributed by atoms with van der Waals surface area (Å²) in [7, 11) is 0. The number of rotatable bonds is 16. The molecule has 0 unspecified atom stereocenters. The van der Waals surface area contributed by atoms with E-state index in [1.165, 1.54) is 0 Å². The van der Waals surface area contributed by atoms with Gasteiger partial charge in [-0.2, -0.15) is 0 Å². The number of carbonyl (C=O) groups is 1. The highest BCUT2D eigenvalue weighted by molar-refractivity contribution is 5.94. The zero-order valence-corrected chi connectivity index (χ0v) is 44.8. The third-order valence-corrected chi connectivity index (χ3v) is 20.7. The van der Waals surface area contributed by atoms with Gasteiger partial charge in [0.1, 0.15) is 91.6 Å². The molecule has 438 valence electrons. The highest BCUT2D eigenvalue weighted by Crippen LogP contribution is 2.76. The summed E-state index contributed by atoms with van der Waals surface area (Å²) in [5, 5.41) is 152. The van der Waals surface area contributed by atoms with Gasteiger partial charge in [-0.3, -0.25) is 4.79 Å². The SMILES string of the molecule is C=C(C)C(=O)CC[C@](C)(O[C@@H]1O[C@H](CO)[C@@H](O)[C@H](O)[C@H]1O)[C@H]1CC[C@]2(C)[C@@H]1[C@H](O)C[C@@H]1[C@@]3(C)CC[C@H](O[C@@H]4O[C@H](CO)[C@@H](O)[C@H](O)[C@H]4O[C@@H]4O[C@H](CO)[C@@H](O)[C@H](O)[C@H]4O[C@@H]4OC[C@@H](O)[C@H](O)[C@H]4O)C(C)(C)[C@@H]3CC[C@]12C. The summed E-state index contributed by atoms with van der Waals surface area (Å²) in [6.07, 6.45) is -27.8. The fourth-order valence-electron chi connectivity index (χ4n) is 16.0. The number of hydrogen-bond donors (Lipinski definition) is 14. The van der Waals surface area contributed by atoms with Crippen molar-refractivity contribution in [3.63, 3.8) is 0 Å². The van der Waals surface area contributed by atoms with Gasteiger partial charge in [0.2, 0.25) is 0 Å². The van der Waals surface area contributed by atoms with E-state index in [4.69, 9.17) is 37.9 Å². The molecule has 4 heterocycles. The number of fused-ring (bicyclic) bond motifs is 5. The first-order valence-electron chi connectivity index (χ1n) is 27.3. The Kier molecular flexibility index (Phi) is 18.1. The molecule has 8 rings (SSSR count). The van der Waals surface area contributed by atoms with Gasteiger partial charge in [0, 0.05) is 6.42 Å². The Bertz CT molecular complexity index is 2020. The van der Waals surface area contributed by atoms with Crippen LogP contribution in [0.3, 0.4) is 0 Å². The predicted molar refractivity (Wildman–Crippen MR) is 261 cm³/mol. The van der Waals surface area contributed by atoms with Crippen LogP contribution in [0.15, 0.2) is 12.2 Å². The molecule has 23 heteroatoms. The van der Waals surface area contributed by atoms with Crippen molar-refractivity contribution in [3.8, 4) is 0 Å². The van der Waals surface area contributed by atoms with Crippen LogP contribution in [0.2, 0.25) is 0 Å². The van der Waals surface area contributed by atoms with Crippen molar-refractivity contribution in [1.29, 1.82) is 0 Å². The minimum absolute atomic E-state index is 0.00740. The average Bonchev–Trinajstić information content (AvgIpc) is 3.97. The van der Waals surface area contributed by atoms with Crippen molar-refractivity contribution >= 4 is 5.78 Å². The van der Waals surface area contributed by atoms with Gasteiger partial charge < -0.3 is 109 Å². The molecule has 0 amide bonds. The van der Waals surface area contributed by atoms with Crippen LogP contribution in [0.1, 0.15) is 106 Å². The van der Waals surface area contributed by atoms with Crippen LogP contribution >= 0.6 is 0 Å². The number of hydrogen-bond acceptors (Lipinski definition) is 23. The Hall–Kier alpha value is -1.47. The van der Waals surface area contributed by atoms with Crippen molar-refractivity contribution in [2.75, 3.05) is 26.4 Å². The summed E-state index contributed by atoms with van der Waals surface area (Å²) in [6, 6.07) is 0. The summed E-state index contributed by atoms with van der Waals surface area (Å²) in [4.78, 5) is 13.2. The topological polar surface area (TPSA) is 374 Å². The van der Waals surface area contributed by atoms with Crippen molar-refractivity contribution in [2.45, 2.75) is 241 Å². The van der Waals surface area contributed by atoms with Crippen molar-refractivity contribution in [1.82, 2.24) is 0 Å². The van der Waals surface area contributed by atoms with Crippen LogP contribution in [0.4, 0.5) is 0 Å². The second-order valence-corrected chi connectivity index (χ2v) is 25.1. The van der Waals surface area contributed by atoms with E-state index in [9.17, 15) is 76.3 Å². The summed E-state index contributed by atoms with van der Waals surface area (Å²) in [5.74, 6) is -0.903. The molecule has 0 bridgehead atoms. The fraction of sp³-hybridized carbons (Fsp3) is 0.943. The first-order valence-corrected chi connectivity index (χ1v) is 27.3. The molecule has 4 saturated carbocycles. The molecule has 0 spiro atoms. The summed E-state index contributed by atoms with van der Waals surface area (Å²) in [5.41, 5.74) is -2.65. The number of Topliss-reactive ketones (excluding diaryl/α,β-unsaturated/α-hetero) is 1. The number of allylic oxidation sites excluding steroid dienone is 1. The van der Waals surface area contributed by atoms with E-state index in [0.29, 0.717) is 37.7 Å². The van der Waals surface area contributed by atoms with Gasteiger partial charge in [-0.15, -0.1) is 0 Å². The van der Waals surface area contributed by atoms with Crippen molar-refractivity contribution in [2.24, 2.45) is 45.3 Å². The van der Waals surface area contributed by atoms with Gasteiger partial charge in [0.15, 0.2) is 30.9 Å². The van der Waals surface area contributed by atoms with Gasteiger partial charge in [-0.25, -0.2) is 0 Å². The first kappa shape index (κ1) is 60.6. The van der Waals surface area contributed by atoms with E-state index < -0.39 is 172 Å². The number of ketones is 1. The van der Waals surface area contributed by atoms with E-state index in [2.05, 4.69) is 41.2 Å². The zero-order valence-electron chi connectivity index (χ0n) is 44.8. The van der Waals surface area contributed by atoms with E-state index in [0.717, 1.165) is 12.8 Å². The van der Waals surface area contributed by atoms with Gasteiger partial charge in [0.05, 0.1) is 44.2 Å². The second kappa shape index (κ2) is 22.7. The van der Waals surface area contributed by atoms with Crippen LogP contribution in [0, 0.1) is 45.3 Å². The van der Waals surface area contributed by atoms with Crippen LogP contribution in [0.5, 0.6) is 0 Å². The molecular formula is C53H88O23. The molecule has 4 aliphatic carbocycles. The molecule has 29 atom stereocenters. The number of carbonyl (C=O) groups excluding carboxylic acids is 1. The van der Waals surface area contributed by atoms with Crippen molar-refractivity contribution < 1.29 is 114 Å². The molecule has 0 aromatic carbocycles. The molecule has 8 aliphatic rings. The average molecular weight is 1090 g/mol. The molecular weight excluding hydrogens is 1000 g/mol. The van der Waals surface area contributed by atoms with E-state index >= 15 is 0 Å². The predicted octanol–water partition coefficient (Wildman–Crippen LogP) is -2.38. The van der Waals surface area contributed by atoms with E-state index in [1.54, 1.807) is 6.92 Å². The minimum Gasteiger partial charge on any atom is -0.394 e. The minimum atomic E-state index is -1.88. The van der Waals surface area contributed by atoms with Gasteiger partial charge in [-0.05, 0) is 116 Å². The Labute approximate surface area is 443 Å². The Morgan fingerprint density at radius 1 is 0.592 bits per heavy atom. The maximum atomic E-state index is 13.2. The van der Waals surface area contributed by atoms with Crippen LogP contribution in [-0.2, 0) is 42.7 Å². The molecule has 76 heavy (non-hydrogen) atoms. The lowest BCUT2D eigenvalue weighted by Crippen LogP contribution is -2.68. The molecule has 0 radical (unpaired) electrons. The number of aliphatic hydroxyl groups is 14. The lowest BCUT2D eigenvalue weighted by molar-refractivity contribution is -0.395. The number of aliphatic hydroxyl groups excluding tert-OH is 14. The molecule has 4 aliphatic heterocycles. The largest absolute Gasteiger partial charge is 0.394 e. The zero-order chi connectivity index (χ0) is 55.9. The van der Waals surface area contributed by atoms with Crippen molar-refractivity contribution in [3.05, 3.63) is 12.2 Å². The van der Waals surface area contributed by atoms with Gasteiger partial charge in [0.25, 0.3) is 0 Å². The highest BCUT2D eigenvalue weighted by atomic mass is 16.8. The summed E-state index contributed by atoms with van der Waals surface area (Å²) >= 11 is 0. The summed E-state index contributed by atoms with van der Waals surface area (Å²) < 4.78 is 49.1. The first-order chi connectivity index (χ1) is 35.5. The normalized spacial score (nSPS) is 52.2. The quantitative estimate of drug-likeness (QED) is 0.0567. The Balaban J connectivity index is 1.04. The monoisotopic (exact) mass is 1090 g/mol. The molecule has 4 saturated heterocycles. The van der Waals surface area contributed by atoms with Crippen LogP contribution < -0.4 is 0 Å². The highest BCUT2D eigenvalue weighted by Gasteiger charge is 2.72. The van der Waals surface area contributed by atoms with Gasteiger partial charge >= 0.3 is 0 Å². The smallest absolute Gasteiger partial charge is 0.187 e. The lowest BCUT2D eigenvalue weighted by Gasteiger charge is -2.71. The standard InChI is InChI=1S/C53H88O23/c1-22(2)24(57)10-16-53(8,76-46-42(68)38(64)35(61)27(18-54)70-46)23-9-14-52(7)33(23)25(58)17-31-50(5)13-12-32(49(3,4)30(50)11-15-51(31,52)6)73-47-43(39(65)36(62)28(19-55)71-47)75-48-44(40(66)37(63)29(20-56)72-48)74-45-41(67)34(60)26(59)21-69-45/h23,25-48,54-56,58-68H,1,9-21H2,2-8H3/t23-,25+,26+,27+,28+,29+,30-,31+,32-,33-,34-,35+,36+,37+,38-,39-,40-,41+,42+,43+,44+,45-,46-,47-,48-,50-,51+,52+,53-/m0/s1. The molecule has 0 aromatic heterocycles. The van der Waals surface area contributed by atoms with Gasteiger partial charge in [-0.1, -0.05) is 41.2 Å². The van der Waals surface area contributed by atoms with E-state index in [-0.39, 0.29) is 53.1 Å².